The molecule has 3 nitrogen and oxygen atoms in total. The Labute approximate surface area is 170 Å². The molecule has 4 saturated carbocycles. The SMILES string of the molecule is CC(CC(=C=O)C(=O)O)[C@H]1CC[C@H]2[C@@H]3CCC4CCCC[C@]4(C)[C@H]3CC[C@]12C. The maximum absolute atomic E-state index is 11.3. The van der Waals surface area contributed by atoms with Gasteiger partial charge in [0.25, 0.3) is 0 Å². The van der Waals surface area contributed by atoms with Gasteiger partial charge in [0, 0.05) is 0 Å². The molecule has 8 atom stereocenters. The van der Waals surface area contributed by atoms with E-state index in [0.717, 1.165) is 23.7 Å². The third-order valence-corrected chi connectivity index (χ3v) is 10.3. The lowest BCUT2D eigenvalue weighted by atomic mass is 9.44. The zero-order valence-electron chi connectivity index (χ0n) is 18.0. The van der Waals surface area contributed by atoms with Gasteiger partial charge in [0.15, 0.2) is 0 Å². The summed E-state index contributed by atoms with van der Waals surface area (Å²) in [7, 11) is 0. The summed E-state index contributed by atoms with van der Waals surface area (Å²) in [5.74, 6) is 4.92. The number of carbonyl (C=O) groups excluding carboxylic acids is 1. The van der Waals surface area contributed by atoms with E-state index in [9.17, 15) is 14.7 Å². The van der Waals surface area contributed by atoms with E-state index < -0.39 is 5.97 Å². The second-order valence-electron chi connectivity index (χ2n) is 11.2. The summed E-state index contributed by atoms with van der Waals surface area (Å²) >= 11 is 0. The zero-order chi connectivity index (χ0) is 20.1. The van der Waals surface area contributed by atoms with E-state index in [1.54, 1.807) is 5.94 Å². The number of aliphatic carboxylic acids is 1. The Bertz CT molecular complexity index is 677. The number of fused-ring (bicyclic) bond motifs is 5. The summed E-state index contributed by atoms with van der Waals surface area (Å²) in [6, 6.07) is 0. The molecule has 1 N–H and O–H groups in total. The highest BCUT2D eigenvalue weighted by Crippen LogP contribution is 2.68. The van der Waals surface area contributed by atoms with E-state index in [4.69, 9.17) is 0 Å². The van der Waals surface area contributed by atoms with Gasteiger partial charge in [-0.05, 0) is 104 Å². The molecule has 4 aliphatic rings. The summed E-state index contributed by atoms with van der Waals surface area (Å²) in [5, 5.41) is 9.25. The largest absolute Gasteiger partial charge is 0.477 e. The Morgan fingerprint density at radius 1 is 1.00 bits per heavy atom. The maximum atomic E-state index is 11.3. The lowest BCUT2D eigenvalue weighted by molar-refractivity contribution is -0.133. The van der Waals surface area contributed by atoms with Crippen LogP contribution in [0.5, 0.6) is 0 Å². The van der Waals surface area contributed by atoms with Gasteiger partial charge in [-0.15, -0.1) is 0 Å². The van der Waals surface area contributed by atoms with Gasteiger partial charge in [-0.1, -0.05) is 33.6 Å². The van der Waals surface area contributed by atoms with Crippen LogP contribution in [0.25, 0.3) is 0 Å². The third kappa shape index (κ3) is 3.00. The molecular formula is C25H38O3. The average Bonchev–Trinajstić information content (AvgIpc) is 3.02. The molecule has 0 aromatic carbocycles. The van der Waals surface area contributed by atoms with E-state index in [1.165, 1.54) is 64.2 Å². The van der Waals surface area contributed by atoms with Crippen molar-refractivity contribution in [1.29, 1.82) is 0 Å². The van der Waals surface area contributed by atoms with Crippen molar-refractivity contribution in [2.75, 3.05) is 0 Å². The van der Waals surface area contributed by atoms with E-state index in [-0.39, 0.29) is 11.5 Å². The molecule has 0 spiro atoms. The standard InChI is InChI=1S/C25H38O3/c1-16(14-17(15-26)23(27)28)20-9-10-21-19-8-7-18-6-4-5-12-24(18,2)22(19)11-13-25(20,21)3/h16,18-22H,4-14H2,1-3H3,(H,27,28)/t16?,18?,19-,20+,21-,22-,24-,25+/m0/s1. The van der Waals surface area contributed by atoms with E-state index in [0.29, 0.717) is 23.2 Å². The first-order valence-corrected chi connectivity index (χ1v) is 11.8. The first kappa shape index (κ1) is 20.2. The monoisotopic (exact) mass is 386 g/mol. The van der Waals surface area contributed by atoms with Crippen LogP contribution in [0.2, 0.25) is 0 Å². The molecule has 0 radical (unpaired) electrons. The second kappa shape index (κ2) is 7.31. The Balaban J connectivity index is 1.53. The van der Waals surface area contributed by atoms with Crippen LogP contribution in [0.15, 0.2) is 5.57 Å². The summed E-state index contributed by atoms with van der Waals surface area (Å²) in [5.41, 5.74) is 0.830. The molecule has 0 saturated heterocycles. The van der Waals surface area contributed by atoms with E-state index >= 15 is 0 Å². The van der Waals surface area contributed by atoms with Gasteiger partial charge in [-0.3, -0.25) is 0 Å². The van der Waals surface area contributed by atoms with Crippen molar-refractivity contribution in [2.24, 2.45) is 46.3 Å². The summed E-state index contributed by atoms with van der Waals surface area (Å²) in [6.45, 7) is 7.30. The highest BCUT2D eigenvalue weighted by molar-refractivity contribution is 5.95. The topological polar surface area (TPSA) is 54.4 Å². The molecule has 0 heterocycles. The number of carbonyl (C=O) groups is 1. The fourth-order valence-corrected chi connectivity index (χ4v) is 8.91. The summed E-state index contributed by atoms with van der Waals surface area (Å²) < 4.78 is 0. The molecule has 28 heavy (non-hydrogen) atoms. The number of hydrogen-bond acceptors (Lipinski definition) is 2. The molecule has 0 amide bonds. The van der Waals surface area contributed by atoms with Crippen LogP contribution in [0.3, 0.4) is 0 Å². The minimum absolute atomic E-state index is 0.0662. The predicted octanol–water partition coefficient (Wildman–Crippen LogP) is 5.90. The van der Waals surface area contributed by atoms with Gasteiger partial charge in [-0.25, -0.2) is 9.59 Å². The fraction of sp³-hybridized carbons (Fsp3) is 0.880. The molecule has 4 aliphatic carbocycles. The molecule has 3 heteroatoms. The normalized spacial score (nSPS) is 45.9. The van der Waals surface area contributed by atoms with Crippen molar-refractivity contribution in [3.63, 3.8) is 0 Å². The van der Waals surface area contributed by atoms with Gasteiger partial charge >= 0.3 is 5.97 Å². The lowest BCUT2D eigenvalue weighted by Crippen LogP contribution is -2.53. The second-order valence-corrected chi connectivity index (χ2v) is 11.2. The van der Waals surface area contributed by atoms with Crippen LogP contribution in [0.4, 0.5) is 0 Å². The zero-order valence-corrected chi connectivity index (χ0v) is 18.0. The molecule has 4 rings (SSSR count). The minimum atomic E-state index is -1.09. The van der Waals surface area contributed by atoms with Crippen LogP contribution in [-0.4, -0.2) is 17.0 Å². The molecule has 0 aliphatic heterocycles. The maximum Gasteiger partial charge on any atom is 0.342 e. The summed E-state index contributed by atoms with van der Waals surface area (Å²) in [4.78, 5) is 22.4. The van der Waals surface area contributed by atoms with Crippen LogP contribution in [-0.2, 0) is 9.59 Å². The van der Waals surface area contributed by atoms with Crippen molar-refractivity contribution in [3.8, 4) is 0 Å². The van der Waals surface area contributed by atoms with Crippen LogP contribution in [0, 0.1) is 46.3 Å². The van der Waals surface area contributed by atoms with Crippen molar-refractivity contribution >= 4 is 11.9 Å². The van der Waals surface area contributed by atoms with Crippen molar-refractivity contribution < 1.29 is 14.7 Å². The van der Waals surface area contributed by atoms with E-state index in [2.05, 4.69) is 20.8 Å². The molecule has 0 aromatic heterocycles. The van der Waals surface area contributed by atoms with Crippen LogP contribution < -0.4 is 0 Å². The average molecular weight is 387 g/mol. The van der Waals surface area contributed by atoms with E-state index in [1.807, 2.05) is 0 Å². The number of carboxylic acid groups (broad SMARTS) is 1. The Kier molecular flexibility index (Phi) is 5.28. The highest BCUT2D eigenvalue weighted by Gasteiger charge is 2.60. The molecule has 2 unspecified atom stereocenters. The lowest BCUT2D eigenvalue weighted by Gasteiger charge is -2.61. The first-order chi connectivity index (χ1) is 13.3. The Morgan fingerprint density at radius 2 is 1.75 bits per heavy atom. The molecule has 156 valence electrons. The van der Waals surface area contributed by atoms with Crippen LogP contribution in [0.1, 0.15) is 91.4 Å². The Hall–Kier alpha value is -1.08. The quantitative estimate of drug-likeness (QED) is 0.483. The van der Waals surface area contributed by atoms with Gasteiger partial charge in [-0.2, -0.15) is 0 Å². The number of rotatable bonds is 4. The van der Waals surface area contributed by atoms with Gasteiger partial charge < -0.3 is 5.11 Å². The van der Waals surface area contributed by atoms with Crippen LogP contribution >= 0.6 is 0 Å². The molecule has 4 fully saturated rings. The first-order valence-electron chi connectivity index (χ1n) is 11.8. The number of carboxylic acids is 1. The van der Waals surface area contributed by atoms with Gasteiger partial charge in [0.2, 0.25) is 0 Å². The minimum Gasteiger partial charge on any atom is -0.477 e. The Morgan fingerprint density at radius 3 is 2.46 bits per heavy atom. The van der Waals surface area contributed by atoms with Crippen molar-refractivity contribution in [3.05, 3.63) is 5.57 Å². The predicted molar refractivity (Wildman–Crippen MR) is 110 cm³/mol. The van der Waals surface area contributed by atoms with Gasteiger partial charge in [0.1, 0.15) is 11.5 Å². The fourth-order valence-electron chi connectivity index (χ4n) is 8.91. The highest BCUT2D eigenvalue weighted by atomic mass is 16.4. The molecule has 0 bridgehead atoms. The third-order valence-electron chi connectivity index (χ3n) is 10.3. The van der Waals surface area contributed by atoms with Crippen molar-refractivity contribution in [2.45, 2.75) is 91.4 Å². The summed E-state index contributed by atoms with van der Waals surface area (Å²) in [6.07, 6.45) is 14.2. The molecule has 0 aromatic rings. The molecular weight excluding hydrogens is 348 g/mol. The van der Waals surface area contributed by atoms with Gasteiger partial charge in [0.05, 0.1) is 0 Å². The van der Waals surface area contributed by atoms with Crippen molar-refractivity contribution in [1.82, 2.24) is 0 Å². The smallest absolute Gasteiger partial charge is 0.342 e. The number of hydrogen-bond donors (Lipinski definition) is 1.